The topological polar surface area (TPSA) is 45.7 Å². The largest absolute Gasteiger partial charge is 0.375 e. The van der Waals surface area contributed by atoms with Gasteiger partial charge in [-0.3, -0.25) is 4.79 Å². The van der Waals surface area contributed by atoms with Crippen LogP contribution in [0.3, 0.4) is 0 Å². The van der Waals surface area contributed by atoms with E-state index in [1.165, 1.54) is 17.7 Å². The van der Waals surface area contributed by atoms with Gasteiger partial charge in [-0.25, -0.2) is 9.37 Å². The average Bonchev–Trinajstić information content (AvgIpc) is 2.66. The molecule has 6 heteroatoms. The maximum absolute atomic E-state index is 13.4. The molecule has 0 saturated carbocycles. The summed E-state index contributed by atoms with van der Waals surface area (Å²) >= 11 is 0. The van der Waals surface area contributed by atoms with Gasteiger partial charge in [-0.05, 0) is 48.7 Å². The molecule has 2 aromatic rings. The third-order valence-electron chi connectivity index (χ3n) is 4.52. The lowest BCUT2D eigenvalue weighted by Crippen LogP contribution is -2.45. The number of aryl methyl sites for hydroxylation is 1. The lowest BCUT2D eigenvalue weighted by molar-refractivity contribution is -0.0246. The summed E-state index contributed by atoms with van der Waals surface area (Å²) < 4.78 is 19.2. The molecule has 0 unspecified atom stereocenters. The second-order valence-corrected chi connectivity index (χ2v) is 6.71. The number of benzene rings is 1. The Balaban J connectivity index is 1.58. The summed E-state index contributed by atoms with van der Waals surface area (Å²) in [5.41, 5.74) is 1.58. The van der Waals surface area contributed by atoms with Crippen molar-refractivity contribution < 1.29 is 13.9 Å². The van der Waals surface area contributed by atoms with Gasteiger partial charge in [0, 0.05) is 38.9 Å². The first-order valence-corrected chi connectivity index (χ1v) is 8.81. The van der Waals surface area contributed by atoms with Crippen LogP contribution in [0.5, 0.6) is 0 Å². The molecule has 1 amide bonds. The lowest BCUT2D eigenvalue weighted by atomic mass is 10.1. The minimum absolute atomic E-state index is 0.0165. The van der Waals surface area contributed by atoms with E-state index in [-0.39, 0.29) is 12.0 Å². The van der Waals surface area contributed by atoms with E-state index < -0.39 is 5.82 Å². The predicted octanol–water partition coefficient (Wildman–Crippen LogP) is 2.76. The minimum Gasteiger partial charge on any atom is -0.375 e. The van der Waals surface area contributed by atoms with Gasteiger partial charge in [0.2, 0.25) is 0 Å². The maximum atomic E-state index is 13.4. The first-order chi connectivity index (χ1) is 12.5. The summed E-state index contributed by atoms with van der Waals surface area (Å²) in [6.07, 6.45) is 3.48. The normalized spacial score (nSPS) is 17.2. The Morgan fingerprint density at radius 1 is 1.35 bits per heavy atom. The van der Waals surface area contributed by atoms with Gasteiger partial charge in [-0.15, -0.1) is 0 Å². The number of hydrogen-bond acceptors (Lipinski definition) is 4. The third kappa shape index (κ3) is 4.58. The van der Waals surface area contributed by atoms with E-state index in [1.807, 2.05) is 31.3 Å². The molecule has 1 aromatic carbocycles. The van der Waals surface area contributed by atoms with Gasteiger partial charge in [0.25, 0.3) is 5.91 Å². The molecule has 1 aliphatic heterocycles. The summed E-state index contributed by atoms with van der Waals surface area (Å²) in [5.74, 6) is 0.390. The van der Waals surface area contributed by atoms with Gasteiger partial charge in [-0.1, -0.05) is 6.07 Å². The molecule has 2 heterocycles. The van der Waals surface area contributed by atoms with Gasteiger partial charge in [0.1, 0.15) is 11.6 Å². The van der Waals surface area contributed by atoms with Crippen molar-refractivity contribution in [3.8, 4) is 0 Å². The molecule has 0 radical (unpaired) electrons. The molecule has 1 aliphatic rings. The SMILES string of the molecule is CN(C)c1cc(CC[C@@H]2CN(C(=O)c3cccc(F)c3)CCO2)ccn1. The van der Waals surface area contributed by atoms with Crippen LogP contribution >= 0.6 is 0 Å². The molecule has 0 N–H and O–H groups in total. The van der Waals surface area contributed by atoms with Gasteiger partial charge in [-0.2, -0.15) is 0 Å². The van der Waals surface area contributed by atoms with Crippen molar-refractivity contribution in [1.82, 2.24) is 9.88 Å². The van der Waals surface area contributed by atoms with Crippen LogP contribution in [0.25, 0.3) is 0 Å². The molecule has 0 bridgehead atoms. The van der Waals surface area contributed by atoms with E-state index in [9.17, 15) is 9.18 Å². The number of aromatic nitrogens is 1. The Morgan fingerprint density at radius 3 is 2.96 bits per heavy atom. The summed E-state index contributed by atoms with van der Waals surface area (Å²) in [7, 11) is 3.93. The standard InChI is InChI=1S/C20H24FN3O2/c1-23(2)19-12-15(8-9-22-19)6-7-18-14-24(10-11-26-18)20(25)16-4-3-5-17(21)13-16/h3-5,8-9,12-13,18H,6-7,10-11,14H2,1-2H3/t18-/m1/s1. The summed E-state index contributed by atoms with van der Waals surface area (Å²) in [6.45, 7) is 1.57. The smallest absolute Gasteiger partial charge is 0.254 e. The summed E-state index contributed by atoms with van der Waals surface area (Å²) in [5, 5.41) is 0. The van der Waals surface area contributed by atoms with E-state index >= 15 is 0 Å². The van der Waals surface area contributed by atoms with E-state index in [1.54, 1.807) is 17.0 Å². The number of amides is 1. The third-order valence-corrected chi connectivity index (χ3v) is 4.52. The highest BCUT2D eigenvalue weighted by atomic mass is 19.1. The van der Waals surface area contributed by atoms with Crippen LogP contribution < -0.4 is 4.90 Å². The van der Waals surface area contributed by atoms with Crippen LogP contribution in [0.15, 0.2) is 42.6 Å². The fourth-order valence-corrected chi connectivity index (χ4v) is 3.07. The summed E-state index contributed by atoms with van der Waals surface area (Å²) in [6, 6.07) is 9.91. The second kappa shape index (κ2) is 8.27. The van der Waals surface area contributed by atoms with Crippen molar-refractivity contribution in [3.05, 3.63) is 59.5 Å². The zero-order valence-electron chi connectivity index (χ0n) is 15.2. The van der Waals surface area contributed by atoms with Crippen LogP contribution in [0, 0.1) is 5.82 Å². The van der Waals surface area contributed by atoms with Crippen LogP contribution in [-0.4, -0.2) is 55.7 Å². The van der Waals surface area contributed by atoms with Crippen LogP contribution in [0.4, 0.5) is 10.2 Å². The van der Waals surface area contributed by atoms with Crippen molar-refractivity contribution in [2.75, 3.05) is 38.7 Å². The van der Waals surface area contributed by atoms with Crippen molar-refractivity contribution in [3.63, 3.8) is 0 Å². The number of morpholine rings is 1. The van der Waals surface area contributed by atoms with Gasteiger partial charge < -0.3 is 14.5 Å². The predicted molar refractivity (Wildman–Crippen MR) is 98.9 cm³/mol. The van der Waals surface area contributed by atoms with Gasteiger partial charge >= 0.3 is 0 Å². The van der Waals surface area contributed by atoms with Crippen LogP contribution in [-0.2, 0) is 11.2 Å². The average molecular weight is 357 g/mol. The molecule has 1 saturated heterocycles. The molecule has 1 aromatic heterocycles. The molecule has 0 aliphatic carbocycles. The monoisotopic (exact) mass is 357 g/mol. The number of ether oxygens (including phenoxy) is 1. The highest BCUT2D eigenvalue weighted by molar-refractivity contribution is 5.94. The fraction of sp³-hybridized carbons (Fsp3) is 0.400. The maximum Gasteiger partial charge on any atom is 0.254 e. The molecule has 3 rings (SSSR count). The number of halogens is 1. The number of carbonyl (C=O) groups excluding carboxylic acids is 1. The van der Waals surface area contributed by atoms with Gasteiger partial charge in [0.05, 0.1) is 12.7 Å². The Kier molecular flexibility index (Phi) is 5.83. The summed E-state index contributed by atoms with van der Waals surface area (Å²) in [4.78, 5) is 20.6. The molecule has 1 fully saturated rings. The zero-order valence-corrected chi connectivity index (χ0v) is 15.2. The Hall–Kier alpha value is -2.47. The second-order valence-electron chi connectivity index (χ2n) is 6.71. The Bertz CT molecular complexity index is 766. The first-order valence-electron chi connectivity index (χ1n) is 8.81. The Labute approximate surface area is 153 Å². The molecule has 1 atom stereocenters. The quantitative estimate of drug-likeness (QED) is 0.825. The lowest BCUT2D eigenvalue weighted by Gasteiger charge is -2.33. The number of rotatable bonds is 5. The van der Waals surface area contributed by atoms with E-state index in [0.717, 1.165) is 18.7 Å². The van der Waals surface area contributed by atoms with Crippen LogP contribution in [0.2, 0.25) is 0 Å². The van der Waals surface area contributed by atoms with Crippen LogP contribution in [0.1, 0.15) is 22.3 Å². The molecule has 26 heavy (non-hydrogen) atoms. The van der Waals surface area contributed by atoms with Crippen molar-refractivity contribution >= 4 is 11.7 Å². The van der Waals surface area contributed by atoms with Crippen molar-refractivity contribution in [2.24, 2.45) is 0 Å². The molecular formula is C20H24FN3O2. The molecule has 138 valence electrons. The van der Waals surface area contributed by atoms with E-state index in [2.05, 4.69) is 11.1 Å². The number of nitrogens with zero attached hydrogens (tertiary/aromatic N) is 3. The highest BCUT2D eigenvalue weighted by Gasteiger charge is 2.25. The number of hydrogen-bond donors (Lipinski definition) is 0. The van der Waals surface area contributed by atoms with Gasteiger partial charge in [0.15, 0.2) is 0 Å². The molecule has 5 nitrogen and oxygen atoms in total. The zero-order chi connectivity index (χ0) is 18.5. The number of carbonyl (C=O) groups is 1. The van der Waals surface area contributed by atoms with Crippen molar-refractivity contribution in [1.29, 1.82) is 0 Å². The van der Waals surface area contributed by atoms with Crippen molar-refractivity contribution in [2.45, 2.75) is 18.9 Å². The Morgan fingerprint density at radius 2 is 2.19 bits per heavy atom. The molecule has 0 spiro atoms. The highest BCUT2D eigenvalue weighted by Crippen LogP contribution is 2.17. The minimum atomic E-state index is -0.393. The number of anilines is 1. The van der Waals surface area contributed by atoms with E-state index in [0.29, 0.717) is 25.3 Å². The molecular weight excluding hydrogens is 333 g/mol. The first kappa shape index (κ1) is 18.3. The van der Waals surface area contributed by atoms with E-state index in [4.69, 9.17) is 4.74 Å². The fourth-order valence-electron chi connectivity index (χ4n) is 3.07. The number of pyridine rings is 1.